The van der Waals surface area contributed by atoms with Gasteiger partial charge in [0.15, 0.2) is 5.13 Å². The van der Waals surface area contributed by atoms with Crippen molar-refractivity contribution in [2.75, 3.05) is 10.6 Å². The van der Waals surface area contributed by atoms with Crippen LogP contribution in [0.2, 0.25) is 5.02 Å². The van der Waals surface area contributed by atoms with Gasteiger partial charge in [0.1, 0.15) is 5.82 Å². The van der Waals surface area contributed by atoms with Crippen molar-refractivity contribution < 1.29 is 14.0 Å². The summed E-state index contributed by atoms with van der Waals surface area (Å²) < 4.78 is 13.2. The van der Waals surface area contributed by atoms with E-state index in [4.69, 9.17) is 11.6 Å². The summed E-state index contributed by atoms with van der Waals surface area (Å²) in [7, 11) is 0. The third-order valence-corrected chi connectivity index (χ3v) is 6.90. The molecular weight excluding hydrogens is 469 g/mol. The number of carbonyl (C=O) groups excluding carboxylic acids is 2. The number of thiazole rings is 1. The summed E-state index contributed by atoms with van der Waals surface area (Å²) in [6, 6.07) is 13.2. The number of nitrogens with one attached hydrogen (secondary N) is 2. The number of amides is 2. The molecule has 0 saturated carbocycles. The Kier molecular flexibility index (Phi) is 6.36. The lowest BCUT2D eigenvalue weighted by molar-refractivity contribution is 0.102. The van der Waals surface area contributed by atoms with E-state index >= 15 is 0 Å². The maximum absolute atomic E-state index is 13.2. The second kappa shape index (κ2) is 9.20. The van der Waals surface area contributed by atoms with Crippen LogP contribution in [0.15, 0.2) is 53.9 Å². The van der Waals surface area contributed by atoms with Crippen LogP contribution in [0.5, 0.6) is 0 Å². The molecule has 2 amide bonds. The smallest absolute Gasteiger partial charge is 0.267 e. The molecule has 0 bridgehead atoms. The molecule has 0 aliphatic heterocycles. The summed E-state index contributed by atoms with van der Waals surface area (Å²) in [4.78, 5) is 30.3. The Morgan fingerprint density at radius 1 is 1.00 bits per heavy atom. The van der Waals surface area contributed by atoms with Gasteiger partial charge in [-0.3, -0.25) is 14.9 Å². The van der Waals surface area contributed by atoms with Crippen LogP contribution < -0.4 is 10.6 Å². The Hall–Kier alpha value is -3.07. The monoisotopic (exact) mass is 485 g/mol. The molecule has 2 aromatic carbocycles. The van der Waals surface area contributed by atoms with Gasteiger partial charge in [-0.1, -0.05) is 35.9 Å². The summed E-state index contributed by atoms with van der Waals surface area (Å²) >= 11 is 8.44. The fourth-order valence-corrected chi connectivity index (χ4v) is 5.01. The van der Waals surface area contributed by atoms with Crippen LogP contribution in [0.25, 0.3) is 11.3 Å². The first kappa shape index (κ1) is 22.1. The van der Waals surface area contributed by atoms with Crippen molar-refractivity contribution in [1.82, 2.24) is 4.98 Å². The minimum absolute atomic E-state index is 0.0157. The van der Waals surface area contributed by atoms with E-state index in [1.54, 1.807) is 13.0 Å². The minimum Gasteiger partial charge on any atom is -0.313 e. The number of halogens is 2. The molecule has 0 aliphatic rings. The number of aromatic nitrogens is 1. The Morgan fingerprint density at radius 3 is 2.53 bits per heavy atom. The maximum Gasteiger partial charge on any atom is 0.267 e. The van der Waals surface area contributed by atoms with Crippen LogP contribution in [0.4, 0.5) is 14.5 Å². The van der Waals surface area contributed by atoms with E-state index in [0.717, 1.165) is 34.2 Å². The van der Waals surface area contributed by atoms with Crippen LogP contribution in [0.3, 0.4) is 0 Å². The highest BCUT2D eigenvalue weighted by Crippen LogP contribution is 2.31. The molecule has 4 aromatic rings. The van der Waals surface area contributed by atoms with Crippen molar-refractivity contribution in [2.24, 2.45) is 0 Å². The number of thiophene rings is 1. The lowest BCUT2D eigenvalue weighted by atomic mass is 10.1. The van der Waals surface area contributed by atoms with Gasteiger partial charge in [-0.15, -0.1) is 22.7 Å². The average Bonchev–Trinajstić information content (AvgIpc) is 3.34. The van der Waals surface area contributed by atoms with Gasteiger partial charge >= 0.3 is 0 Å². The fraction of sp³-hybridized carbons (Fsp3) is 0.0870. The molecule has 2 N–H and O–H groups in total. The molecular formula is C23H17ClFN3O2S2. The molecule has 0 aliphatic carbocycles. The Labute approximate surface area is 196 Å². The standard InChI is InChI=1S/C23H17ClFN3O2S2/c1-12-5-3-4-6-15(12)18-11-31-23(26-18)28-22(30)20-13(2)9-19(32-20)27-21(29)16-8-7-14(25)10-17(16)24/h3-11H,1-2H3,(H,27,29)(H,26,28,30). The zero-order chi connectivity index (χ0) is 22.8. The quantitative estimate of drug-likeness (QED) is 0.327. The number of rotatable bonds is 5. The highest BCUT2D eigenvalue weighted by molar-refractivity contribution is 7.18. The van der Waals surface area contributed by atoms with E-state index < -0.39 is 11.7 Å². The first-order valence-electron chi connectivity index (χ1n) is 9.51. The minimum atomic E-state index is -0.523. The van der Waals surface area contributed by atoms with E-state index in [9.17, 15) is 14.0 Å². The zero-order valence-corrected chi connectivity index (χ0v) is 19.4. The molecule has 9 heteroatoms. The average molecular weight is 486 g/mol. The molecule has 32 heavy (non-hydrogen) atoms. The number of carbonyl (C=O) groups is 2. The Bertz CT molecular complexity index is 1330. The summed E-state index contributed by atoms with van der Waals surface area (Å²) in [5.41, 5.74) is 3.78. The molecule has 0 spiro atoms. The fourth-order valence-electron chi connectivity index (χ4n) is 3.09. The van der Waals surface area contributed by atoms with E-state index in [2.05, 4.69) is 15.6 Å². The third kappa shape index (κ3) is 4.72. The van der Waals surface area contributed by atoms with Crippen molar-refractivity contribution in [2.45, 2.75) is 13.8 Å². The normalized spacial score (nSPS) is 10.8. The topological polar surface area (TPSA) is 71.1 Å². The molecule has 0 unspecified atom stereocenters. The molecule has 0 radical (unpaired) electrons. The van der Waals surface area contributed by atoms with Crippen LogP contribution in [-0.4, -0.2) is 16.8 Å². The van der Waals surface area contributed by atoms with Gasteiger partial charge in [-0.25, -0.2) is 9.37 Å². The Morgan fingerprint density at radius 2 is 1.78 bits per heavy atom. The van der Waals surface area contributed by atoms with Crippen molar-refractivity contribution in [1.29, 1.82) is 0 Å². The van der Waals surface area contributed by atoms with Gasteiger partial charge in [0, 0.05) is 10.9 Å². The van der Waals surface area contributed by atoms with Crippen molar-refractivity contribution in [3.63, 3.8) is 0 Å². The van der Waals surface area contributed by atoms with Crippen molar-refractivity contribution >= 4 is 56.2 Å². The van der Waals surface area contributed by atoms with E-state index in [1.165, 1.54) is 23.5 Å². The zero-order valence-electron chi connectivity index (χ0n) is 17.0. The van der Waals surface area contributed by atoms with Gasteiger partial charge in [-0.05, 0) is 49.2 Å². The SMILES string of the molecule is Cc1ccccc1-c1csc(NC(=O)c2sc(NC(=O)c3ccc(F)cc3Cl)cc2C)n1. The van der Waals surface area contributed by atoms with Crippen LogP contribution in [0.1, 0.15) is 31.2 Å². The molecule has 5 nitrogen and oxygen atoms in total. The van der Waals surface area contributed by atoms with Crippen LogP contribution >= 0.6 is 34.3 Å². The van der Waals surface area contributed by atoms with Crippen LogP contribution in [0, 0.1) is 19.7 Å². The number of nitrogens with zero attached hydrogens (tertiary/aromatic N) is 1. The number of anilines is 2. The molecule has 2 heterocycles. The lowest BCUT2D eigenvalue weighted by Crippen LogP contribution is -2.12. The Balaban J connectivity index is 1.47. The van der Waals surface area contributed by atoms with E-state index in [-0.39, 0.29) is 16.5 Å². The van der Waals surface area contributed by atoms with Crippen molar-refractivity contribution in [3.05, 3.63) is 86.3 Å². The summed E-state index contributed by atoms with van der Waals surface area (Å²) in [5.74, 6) is -1.31. The first-order chi connectivity index (χ1) is 15.3. The molecule has 2 aromatic heterocycles. The lowest BCUT2D eigenvalue weighted by Gasteiger charge is -2.04. The molecule has 0 fully saturated rings. The largest absolute Gasteiger partial charge is 0.313 e. The van der Waals surface area contributed by atoms with Crippen molar-refractivity contribution in [3.8, 4) is 11.3 Å². The van der Waals surface area contributed by atoms with Gasteiger partial charge in [0.25, 0.3) is 11.8 Å². The highest BCUT2D eigenvalue weighted by atomic mass is 35.5. The third-order valence-electron chi connectivity index (χ3n) is 4.68. The van der Waals surface area contributed by atoms with E-state index in [0.29, 0.717) is 20.6 Å². The first-order valence-corrected chi connectivity index (χ1v) is 11.6. The van der Waals surface area contributed by atoms with Crippen LogP contribution in [-0.2, 0) is 0 Å². The van der Waals surface area contributed by atoms with E-state index in [1.807, 2.05) is 36.6 Å². The van der Waals surface area contributed by atoms with Gasteiger partial charge < -0.3 is 5.32 Å². The molecule has 0 atom stereocenters. The second-order valence-corrected chi connectivity index (χ2v) is 9.33. The highest BCUT2D eigenvalue weighted by Gasteiger charge is 2.18. The summed E-state index contributed by atoms with van der Waals surface area (Å²) in [6.45, 7) is 3.80. The molecule has 0 saturated heterocycles. The van der Waals surface area contributed by atoms with Gasteiger partial charge in [0.05, 0.1) is 26.2 Å². The second-order valence-electron chi connectivity index (χ2n) is 7.01. The summed E-state index contributed by atoms with van der Waals surface area (Å²) in [6.07, 6.45) is 0. The number of aryl methyl sites for hydroxylation is 2. The predicted molar refractivity (Wildman–Crippen MR) is 129 cm³/mol. The number of hydrogen-bond acceptors (Lipinski definition) is 5. The predicted octanol–water partition coefficient (Wildman–Crippen LogP) is 6.79. The number of benzene rings is 2. The summed E-state index contributed by atoms with van der Waals surface area (Å²) in [5, 5.41) is 8.43. The molecule has 4 rings (SSSR count). The van der Waals surface area contributed by atoms with Gasteiger partial charge in [0.2, 0.25) is 0 Å². The number of hydrogen-bond donors (Lipinski definition) is 2. The molecule has 162 valence electrons. The maximum atomic E-state index is 13.2. The van der Waals surface area contributed by atoms with Gasteiger partial charge in [-0.2, -0.15) is 0 Å².